The number of amides is 2. The number of hydrogen-bond donors (Lipinski definition) is 2. The maximum Gasteiger partial charge on any atom is 0.287 e. The second-order valence-electron chi connectivity index (χ2n) is 12.6. The molecule has 46 heavy (non-hydrogen) atoms. The maximum absolute atomic E-state index is 14.9. The lowest BCUT2D eigenvalue weighted by atomic mass is 9.87. The number of piperidine rings is 2. The summed E-state index contributed by atoms with van der Waals surface area (Å²) in [6.07, 6.45) is 2.82. The molecule has 3 fully saturated rings. The van der Waals surface area contributed by atoms with Crippen LogP contribution in [0.5, 0.6) is 0 Å². The van der Waals surface area contributed by atoms with Crippen molar-refractivity contribution in [1.29, 1.82) is 0 Å². The van der Waals surface area contributed by atoms with Crippen molar-refractivity contribution >= 4 is 34.8 Å². The predicted molar refractivity (Wildman–Crippen MR) is 172 cm³/mol. The second-order valence-corrected chi connectivity index (χ2v) is 13.0. The number of nitrogens with zero attached hydrogens (tertiary/aromatic N) is 5. The van der Waals surface area contributed by atoms with Gasteiger partial charge in [-0.1, -0.05) is 35.9 Å². The number of aromatic nitrogens is 2. The van der Waals surface area contributed by atoms with E-state index in [0.29, 0.717) is 37.8 Å². The first kappa shape index (κ1) is 32.1. The summed E-state index contributed by atoms with van der Waals surface area (Å²) in [4.78, 5) is 42.6. The normalized spacial score (nSPS) is 23.0. The molecule has 3 saturated heterocycles. The molecule has 0 spiro atoms. The number of rotatable bonds is 7. The summed E-state index contributed by atoms with van der Waals surface area (Å²) in [5, 5.41) is 9.92. The minimum absolute atomic E-state index is 0.108. The molecule has 3 aliphatic heterocycles. The van der Waals surface area contributed by atoms with Crippen molar-refractivity contribution in [1.82, 2.24) is 24.9 Å². The fraction of sp³-hybridized carbons (Fsp3) is 0.455. The zero-order chi connectivity index (χ0) is 32.5. The number of benzene rings is 2. The molecule has 6 rings (SSSR count). The molecule has 244 valence electrons. The van der Waals surface area contributed by atoms with Gasteiger partial charge in [-0.25, -0.2) is 13.5 Å². The number of likely N-dealkylation sites (tertiary alicyclic amines) is 1. The first-order chi connectivity index (χ1) is 22.0. The van der Waals surface area contributed by atoms with Crippen molar-refractivity contribution in [3.05, 3.63) is 86.3 Å². The molecule has 13 heteroatoms. The lowest BCUT2D eigenvalue weighted by molar-refractivity contribution is -0.134. The van der Waals surface area contributed by atoms with Gasteiger partial charge in [-0.3, -0.25) is 24.6 Å². The van der Waals surface area contributed by atoms with Gasteiger partial charge in [0.25, 0.3) is 5.56 Å². The Morgan fingerprint density at radius 2 is 1.74 bits per heavy atom. The number of aryl methyl sites for hydroxylation is 1. The van der Waals surface area contributed by atoms with Gasteiger partial charge in [0.05, 0.1) is 23.5 Å². The van der Waals surface area contributed by atoms with Crippen molar-refractivity contribution in [2.45, 2.75) is 43.7 Å². The van der Waals surface area contributed by atoms with E-state index >= 15 is 0 Å². The lowest BCUT2D eigenvalue weighted by Gasteiger charge is -2.37. The standard InChI is InChI=1S/C33H38ClF2N7O3/c1-40-18-22(13-23(19-40)38-28-16-37-41(2)33(46)31(28)34)21-5-3-20(4-6-21)17-42-9-11-43(12-10-42)29-14-25(26(35)15-27(29)36)24-7-8-30(44)39-32(24)45/h3-6,14-16,22-24,38H,7-13,17-19H2,1-2H3,(H,39,44,45)/t22-,23+,24?/m0/s1. The van der Waals surface area contributed by atoms with Crippen LogP contribution in [0.3, 0.4) is 0 Å². The summed E-state index contributed by atoms with van der Waals surface area (Å²) in [5.41, 5.74) is 3.06. The van der Waals surface area contributed by atoms with Gasteiger partial charge in [0.1, 0.15) is 16.7 Å². The zero-order valence-electron chi connectivity index (χ0n) is 25.9. The third-order valence-electron chi connectivity index (χ3n) is 9.32. The highest BCUT2D eigenvalue weighted by Crippen LogP contribution is 2.33. The van der Waals surface area contributed by atoms with Crippen LogP contribution in [0.25, 0.3) is 0 Å². The highest BCUT2D eigenvalue weighted by Gasteiger charge is 2.32. The molecule has 2 aromatic carbocycles. The minimum atomic E-state index is -0.812. The first-order valence-corrected chi connectivity index (χ1v) is 16.0. The van der Waals surface area contributed by atoms with Gasteiger partial charge in [-0.2, -0.15) is 5.10 Å². The molecule has 3 aromatic rings. The molecule has 2 amide bonds. The number of piperazine rings is 1. The number of likely N-dealkylation sites (N-methyl/N-ethyl adjacent to an activating group) is 1. The Morgan fingerprint density at radius 1 is 1.00 bits per heavy atom. The van der Waals surface area contributed by atoms with E-state index in [1.807, 2.05) is 4.90 Å². The summed E-state index contributed by atoms with van der Waals surface area (Å²) in [6.45, 7) is 5.03. The molecular formula is C33H38ClF2N7O3. The van der Waals surface area contributed by atoms with Crippen LogP contribution in [0.2, 0.25) is 5.02 Å². The fourth-order valence-electron chi connectivity index (χ4n) is 6.85. The number of carbonyl (C=O) groups is 2. The van der Waals surface area contributed by atoms with Crippen molar-refractivity contribution in [2.24, 2.45) is 7.05 Å². The number of hydrogen-bond acceptors (Lipinski definition) is 8. The summed E-state index contributed by atoms with van der Waals surface area (Å²) < 4.78 is 30.8. The largest absolute Gasteiger partial charge is 0.378 e. The Hall–Kier alpha value is -3.87. The van der Waals surface area contributed by atoms with Crippen LogP contribution in [-0.4, -0.2) is 83.8 Å². The molecule has 4 heterocycles. The number of halogens is 3. The molecule has 0 aliphatic carbocycles. The van der Waals surface area contributed by atoms with Gasteiger partial charge >= 0.3 is 0 Å². The van der Waals surface area contributed by atoms with Crippen molar-refractivity contribution in [3.63, 3.8) is 0 Å². The lowest BCUT2D eigenvalue weighted by Crippen LogP contribution is -2.46. The van der Waals surface area contributed by atoms with Gasteiger partial charge < -0.3 is 15.1 Å². The quantitative estimate of drug-likeness (QED) is 0.374. The van der Waals surface area contributed by atoms with E-state index in [4.69, 9.17) is 11.6 Å². The Balaban J connectivity index is 1.05. The number of carbonyl (C=O) groups excluding carboxylic acids is 2. The molecule has 3 atom stereocenters. The molecule has 10 nitrogen and oxygen atoms in total. The summed E-state index contributed by atoms with van der Waals surface area (Å²) in [5.74, 6) is -2.85. The minimum Gasteiger partial charge on any atom is -0.378 e. The Labute approximate surface area is 271 Å². The van der Waals surface area contributed by atoms with E-state index in [0.717, 1.165) is 32.1 Å². The Kier molecular flexibility index (Phi) is 9.39. The SMILES string of the molecule is CN1C[C@H](Nc2cnn(C)c(=O)c2Cl)C[C@H](c2ccc(CN3CCN(c4cc(C5CCC(=O)NC5=O)c(F)cc4F)CC3)cc2)C1. The second kappa shape index (κ2) is 13.5. The molecule has 0 bridgehead atoms. The molecule has 1 aromatic heterocycles. The van der Waals surface area contributed by atoms with Gasteiger partial charge in [0.2, 0.25) is 11.8 Å². The predicted octanol–water partition coefficient (Wildman–Crippen LogP) is 3.45. The van der Waals surface area contributed by atoms with Crippen LogP contribution >= 0.6 is 11.6 Å². The van der Waals surface area contributed by atoms with Crippen molar-refractivity contribution < 1.29 is 18.4 Å². The highest BCUT2D eigenvalue weighted by atomic mass is 35.5. The van der Waals surface area contributed by atoms with Crippen LogP contribution < -0.4 is 21.1 Å². The van der Waals surface area contributed by atoms with Gasteiger partial charge in [-0.15, -0.1) is 0 Å². The van der Waals surface area contributed by atoms with Crippen molar-refractivity contribution in [2.75, 3.05) is 56.5 Å². The zero-order valence-corrected chi connectivity index (χ0v) is 26.7. The maximum atomic E-state index is 14.9. The van der Waals surface area contributed by atoms with Gasteiger partial charge in [0, 0.05) is 77.0 Å². The third kappa shape index (κ3) is 6.93. The van der Waals surface area contributed by atoms with E-state index in [1.165, 1.54) is 21.9 Å². The molecule has 1 unspecified atom stereocenters. The molecule has 0 saturated carbocycles. The summed E-state index contributed by atoms with van der Waals surface area (Å²) in [7, 11) is 3.66. The number of anilines is 2. The summed E-state index contributed by atoms with van der Waals surface area (Å²) in [6, 6.07) is 11.1. The molecule has 0 radical (unpaired) electrons. The molecule has 3 aliphatic rings. The van der Waals surface area contributed by atoms with E-state index in [1.54, 1.807) is 13.2 Å². The Morgan fingerprint density at radius 3 is 2.46 bits per heavy atom. The van der Waals surface area contributed by atoms with Crippen LogP contribution in [0, 0.1) is 11.6 Å². The first-order valence-electron chi connectivity index (χ1n) is 15.6. The van der Waals surface area contributed by atoms with E-state index in [9.17, 15) is 23.2 Å². The van der Waals surface area contributed by atoms with E-state index in [-0.39, 0.29) is 46.6 Å². The van der Waals surface area contributed by atoms with Crippen LogP contribution in [0.4, 0.5) is 20.2 Å². The third-order valence-corrected chi connectivity index (χ3v) is 9.69. The number of nitrogens with one attached hydrogen (secondary N) is 2. The highest BCUT2D eigenvalue weighted by molar-refractivity contribution is 6.32. The Bertz CT molecular complexity index is 1680. The van der Waals surface area contributed by atoms with Crippen LogP contribution in [0.1, 0.15) is 47.8 Å². The van der Waals surface area contributed by atoms with Crippen LogP contribution in [-0.2, 0) is 23.2 Å². The molecular weight excluding hydrogens is 616 g/mol. The average Bonchev–Trinajstić information content (AvgIpc) is 3.02. The van der Waals surface area contributed by atoms with Gasteiger partial charge in [-0.05, 0) is 43.0 Å². The van der Waals surface area contributed by atoms with E-state index in [2.05, 4.69) is 56.8 Å². The summed E-state index contributed by atoms with van der Waals surface area (Å²) >= 11 is 6.29. The molecule has 2 N–H and O–H groups in total. The monoisotopic (exact) mass is 653 g/mol. The number of imide groups is 1. The topological polar surface area (TPSA) is 103 Å². The van der Waals surface area contributed by atoms with E-state index < -0.39 is 23.5 Å². The fourth-order valence-corrected chi connectivity index (χ4v) is 7.08. The van der Waals surface area contributed by atoms with Crippen LogP contribution in [0.15, 0.2) is 47.4 Å². The smallest absolute Gasteiger partial charge is 0.287 e. The van der Waals surface area contributed by atoms with Crippen molar-refractivity contribution in [3.8, 4) is 0 Å². The van der Waals surface area contributed by atoms with Gasteiger partial charge in [0.15, 0.2) is 0 Å². The average molecular weight is 654 g/mol.